The fourth-order valence-electron chi connectivity index (χ4n) is 5.97. The van der Waals surface area contributed by atoms with Crippen LogP contribution in [0.25, 0.3) is 0 Å². The molecule has 1 aromatic carbocycles. The molecule has 0 aliphatic heterocycles. The van der Waals surface area contributed by atoms with E-state index in [-0.39, 0.29) is 0 Å². The summed E-state index contributed by atoms with van der Waals surface area (Å²) < 4.78 is 0. The zero-order valence-corrected chi connectivity index (χ0v) is 17.3. The largest absolute Gasteiger partial charge is 0.103 e. The number of allylic oxidation sites excluding steroid dienone is 1. The third-order valence-corrected chi connectivity index (χ3v) is 7.57. The summed E-state index contributed by atoms with van der Waals surface area (Å²) in [5.74, 6) is 4.67. The molecule has 3 rings (SSSR count). The standard InChI is InChI=1S/C26H40/c1-4-6-21-10-14-22(15-11-21)23-16-18-25(19-17-23)26(7-5-2)24-12-8-20(3)9-13-24/h5,8-9,12-13,21-23,25-26H,2,4,6-7,10-11,14-19H2,1,3H3. The van der Waals surface area contributed by atoms with Crippen molar-refractivity contribution >= 4 is 0 Å². The minimum Gasteiger partial charge on any atom is -0.103 e. The first kappa shape index (κ1) is 19.7. The van der Waals surface area contributed by atoms with E-state index in [0.29, 0.717) is 5.92 Å². The van der Waals surface area contributed by atoms with Crippen molar-refractivity contribution in [3.05, 3.63) is 48.0 Å². The first-order chi connectivity index (χ1) is 12.7. The maximum absolute atomic E-state index is 4.05. The second-order valence-electron chi connectivity index (χ2n) is 9.29. The molecule has 0 spiro atoms. The topological polar surface area (TPSA) is 0 Å². The van der Waals surface area contributed by atoms with Crippen LogP contribution in [-0.2, 0) is 0 Å². The van der Waals surface area contributed by atoms with E-state index in [1.807, 2.05) is 0 Å². The number of hydrogen-bond acceptors (Lipinski definition) is 0. The van der Waals surface area contributed by atoms with Crippen molar-refractivity contribution in [2.24, 2.45) is 23.7 Å². The summed E-state index contributed by atoms with van der Waals surface area (Å²) >= 11 is 0. The Balaban J connectivity index is 1.53. The van der Waals surface area contributed by atoms with Crippen LogP contribution in [0.4, 0.5) is 0 Å². The molecule has 2 fully saturated rings. The van der Waals surface area contributed by atoms with Gasteiger partial charge >= 0.3 is 0 Å². The fourth-order valence-corrected chi connectivity index (χ4v) is 5.97. The average Bonchev–Trinajstić information content (AvgIpc) is 2.68. The van der Waals surface area contributed by atoms with Crippen molar-refractivity contribution in [1.29, 1.82) is 0 Å². The summed E-state index contributed by atoms with van der Waals surface area (Å²) in [6.07, 6.45) is 18.0. The van der Waals surface area contributed by atoms with Crippen LogP contribution in [0.2, 0.25) is 0 Å². The second-order valence-corrected chi connectivity index (χ2v) is 9.29. The number of benzene rings is 1. The van der Waals surface area contributed by atoms with Crippen LogP contribution in [0.3, 0.4) is 0 Å². The summed E-state index contributed by atoms with van der Waals surface area (Å²) in [5, 5.41) is 0. The van der Waals surface area contributed by atoms with E-state index in [0.717, 1.165) is 30.1 Å². The highest BCUT2D eigenvalue weighted by atomic mass is 14.4. The van der Waals surface area contributed by atoms with E-state index >= 15 is 0 Å². The Kier molecular flexibility index (Phi) is 7.41. The first-order valence-corrected chi connectivity index (χ1v) is 11.4. The van der Waals surface area contributed by atoms with Gasteiger partial charge in [-0.05, 0) is 87.0 Å². The molecule has 0 bridgehead atoms. The van der Waals surface area contributed by atoms with E-state index in [1.165, 1.54) is 69.8 Å². The number of aryl methyl sites for hydroxylation is 1. The molecule has 2 aliphatic carbocycles. The Morgan fingerprint density at radius 1 is 0.923 bits per heavy atom. The predicted octanol–water partition coefficient (Wildman–Crippen LogP) is 8.07. The van der Waals surface area contributed by atoms with Gasteiger partial charge in [0, 0.05) is 0 Å². The van der Waals surface area contributed by atoms with Crippen LogP contribution in [0, 0.1) is 30.6 Å². The highest BCUT2D eigenvalue weighted by Crippen LogP contribution is 2.46. The van der Waals surface area contributed by atoms with E-state index < -0.39 is 0 Å². The molecule has 1 atom stereocenters. The molecule has 0 aromatic heterocycles. The van der Waals surface area contributed by atoms with Gasteiger partial charge in [-0.3, -0.25) is 0 Å². The van der Waals surface area contributed by atoms with Crippen molar-refractivity contribution < 1.29 is 0 Å². The fraction of sp³-hybridized carbons (Fsp3) is 0.692. The summed E-state index contributed by atoms with van der Waals surface area (Å²) in [7, 11) is 0. The Bertz CT molecular complexity index is 524. The van der Waals surface area contributed by atoms with Gasteiger partial charge in [0.05, 0.1) is 0 Å². The van der Waals surface area contributed by atoms with Gasteiger partial charge in [0.2, 0.25) is 0 Å². The van der Waals surface area contributed by atoms with Crippen LogP contribution in [0.1, 0.15) is 94.6 Å². The Morgan fingerprint density at radius 3 is 2.04 bits per heavy atom. The molecule has 0 heterocycles. The predicted molar refractivity (Wildman–Crippen MR) is 115 cm³/mol. The second kappa shape index (κ2) is 9.77. The van der Waals surface area contributed by atoms with Gasteiger partial charge in [0.25, 0.3) is 0 Å². The molecule has 0 radical (unpaired) electrons. The van der Waals surface area contributed by atoms with E-state index in [2.05, 4.69) is 50.8 Å². The van der Waals surface area contributed by atoms with Gasteiger partial charge < -0.3 is 0 Å². The third-order valence-electron chi connectivity index (χ3n) is 7.57. The van der Waals surface area contributed by atoms with Gasteiger partial charge in [-0.15, -0.1) is 6.58 Å². The van der Waals surface area contributed by atoms with Crippen molar-refractivity contribution in [1.82, 2.24) is 0 Å². The summed E-state index contributed by atoms with van der Waals surface area (Å²) in [6.45, 7) is 8.58. The van der Waals surface area contributed by atoms with Gasteiger partial charge in [0.15, 0.2) is 0 Å². The number of hydrogen-bond donors (Lipinski definition) is 0. The molecule has 1 unspecified atom stereocenters. The highest BCUT2D eigenvalue weighted by molar-refractivity contribution is 5.25. The minimum atomic E-state index is 0.689. The van der Waals surface area contributed by atoms with Crippen LogP contribution < -0.4 is 0 Å². The smallest absolute Gasteiger partial charge is 0.00991 e. The maximum Gasteiger partial charge on any atom is -0.00991 e. The molecule has 1 aromatic rings. The summed E-state index contributed by atoms with van der Waals surface area (Å²) in [6, 6.07) is 9.30. The van der Waals surface area contributed by atoms with Gasteiger partial charge in [0.1, 0.15) is 0 Å². The highest BCUT2D eigenvalue weighted by Gasteiger charge is 2.33. The van der Waals surface area contributed by atoms with E-state index in [9.17, 15) is 0 Å². The van der Waals surface area contributed by atoms with Gasteiger partial charge in [-0.1, -0.05) is 68.5 Å². The Labute approximate surface area is 162 Å². The minimum absolute atomic E-state index is 0.689. The van der Waals surface area contributed by atoms with Gasteiger partial charge in [-0.25, -0.2) is 0 Å². The molecule has 26 heavy (non-hydrogen) atoms. The molecular formula is C26H40. The monoisotopic (exact) mass is 352 g/mol. The Hall–Kier alpha value is -1.04. The molecule has 2 saturated carbocycles. The summed E-state index contributed by atoms with van der Waals surface area (Å²) in [4.78, 5) is 0. The van der Waals surface area contributed by atoms with Crippen molar-refractivity contribution in [3.8, 4) is 0 Å². The number of rotatable bonds is 7. The van der Waals surface area contributed by atoms with Crippen LogP contribution in [0.15, 0.2) is 36.9 Å². The molecule has 0 amide bonds. The SMILES string of the molecule is C=CCC(c1ccc(C)cc1)C1CCC(C2CCC(CCC)CC2)CC1. The van der Waals surface area contributed by atoms with Gasteiger partial charge in [-0.2, -0.15) is 0 Å². The lowest BCUT2D eigenvalue weighted by Crippen LogP contribution is -2.27. The Morgan fingerprint density at radius 2 is 1.50 bits per heavy atom. The van der Waals surface area contributed by atoms with E-state index in [4.69, 9.17) is 0 Å². The van der Waals surface area contributed by atoms with Crippen molar-refractivity contribution in [2.75, 3.05) is 0 Å². The lowest BCUT2D eigenvalue weighted by molar-refractivity contribution is 0.135. The molecule has 144 valence electrons. The van der Waals surface area contributed by atoms with Crippen LogP contribution in [0.5, 0.6) is 0 Å². The quantitative estimate of drug-likeness (QED) is 0.435. The zero-order chi connectivity index (χ0) is 18.4. The third kappa shape index (κ3) is 5.02. The van der Waals surface area contributed by atoms with E-state index in [1.54, 1.807) is 5.56 Å². The molecule has 0 saturated heterocycles. The van der Waals surface area contributed by atoms with Crippen LogP contribution >= 0.6 is 0 Å². The first-order valence-electron chi connectivity index (χ1n) is 11.4. The lowest BCUT2D eigenvalue weighted by atomic mass is 9.66. The normalized spacial score (nSPS) is 30.7. The molecule has 0 nitrogen and oxygen atoms in total. The molecule has 0 N–H and O–H groups in total. The lowest BCUT2D eigenvalue weighted by Gasteiger charge is -2.40. The van der Waals surface area contributed by atoms with Crippen LogP contribution in [-0.4, -0.2) is 0 Å². The molecule has 2 aliphatic rings. The zero-order valence-electron chi connectivity index (χ0n) is 17.3. The van der Waals surface area contributed by atoms with Crippen molar-refractivity contribution in [3.63, 3.8) is 0 Å². The summed E-state index contributed by atoms with van der Waals surface area (Å²) in [5.41, 5.74) is 2.91. The average molecular weight is 353 g/mol. The van der Waals surface area contributed by atoms with Crippen molar-refractivity contribution in [2.45, 2.75) is 90.4 Å². The maximum atomic E-state index is 4.05. The molecule has 0 heteroatoms. The molecular weight excluding hydrogens is 312 g/mol.